The minimum Gasteiger partial charge on any atom is -0.441 e. The van der Waals surface area contributed by atoms with Crippen LogP contribution in [0.3, 0.4) is 0 Å². The standard InChI is InChI=1S/C13H18N2O/c1-8(2)10(14)7-13-15-11-5-4-9(3)6-12(11)16-13/h4-6,8,10H,7,14H2,1-3H3. The molecule has 16 heavy (non-hydrogen) atoms. The van der Waals surface area contributed by atoms with Crippen LogP contribution in [0.1, 0.15) is 25.3 Å². The Morgan fingerprint density at radius 2 is 2.12 bits per heavy atom. The number of aryl methyl sites for hydroxylation is 1. The number of hydrogen-bond acceptors (Lipinski definition) is 3. The van der Waals surface area contributed by atoms with Gasteiger partial charge in [-0.2, -0.15) is 0 Å². The van der Waals surface area contributed by atoms with E-state index in [9.17, 15) is 0 Å². The van der Waals surface area contributed by atoms with Gasteiger partial charge in [-0.1, -0.05) is 19.9 Å². The molecule has 1 aromatic carbocycles. The van der Waals surface area contributed by atoms with Gasteiger partial charge in [0.25, 0.3) is 0 Å². The molecule has 0 saturated carbocycles. The van der Waals surface area contributed by atoms with E-state index in [0.717, 1.165) is 17.0 Å². The molecule has 0 radical (unpaired) electrons. The summed E-state index contributed by atoms with van der Waals surface area (Å²) in [6.07, 6.45) is 0.700. The fourth-order valence-corrected chi connectivity index (χ4v) is 1.60. The first kappa shape index (κ1) is 11.1. The van der Waals surface area contributed by atoms with Crippen LogP contribution < -0.4 is 5.73 Å². The van der Waals surface area contributed by atoms with Crippen LogP contribution in [0.2, 0.25) is 0 Å². The Kier molecular flexibility index (Phi) is 2.97. The maximum absolute atomic E-state index is 6.00. The summed E-state index contributed by atoms with van der Waals surface area (Å²) >= 11 is 0. The number of oxazole rings is 1. The molecule has 2 N–H and O–H groups in total. The van der Waals surface area contributed by atoms with Crippen LogP contribution in [0, 0.1) is 12.8 Å². The van der Waals surface area contributed by atoms with E-state index in [2.05, 4.69) is 18.8 Å². The number of benzene rings is 1. The van der Waals surface area contributed by atoms with E-state index in [1.54, 1.807) is 0 Å². The molecule has 0 aliphatic heterocycles. The topological polar surface area (TPSA) is 52.0 Å². The Labute approximate surface area is 95.7 Å². The van der Waals surface area contributed by atoms with E-state index in [0.29, 0.717) is 12.3 Å². The second-order valence-corrected chi connectivity index (χ2v) is 4.69. The van der Waals surface area contributed by atoms with Crippen molar-refractivity contribution in [1.82, 2.24) is 4.98 Å². The maximum atomic E-state index is 6.00. The van der Waals surface area contributed by atoms with Gasteiger partial charge in [-0.25, -0.2) is 4.98 Å². The second-order valence-electron chi connectivity index (χ2n) is 4.69. The van der Waals surface area contributed by atoms with Crippen molar-refractivity contribution in [2.24, 2.45) is 11.7 Å². The zero-order valence-electron chi connectivity index (χ0n) is 10.0. The largest absolute Gasteiger partial charge is 0.441 e. The van der Waals surface area contributed by atoms with Gasteiger partial charge < -0.3 is 10.2 Å². The van der Waals surface area contributed by atoms with Crippen LogP contribution in [-0.4, -0.2) is 11.0 Å². The van der Waals surface area contributed by atoms with Gasteiger partial charge in [-0.15, -0.1) is 0 Å². The molecule has 0 aliphatic rings. The molecular weight excluding hydrogens is 200 g/mol. The van der Waals surface area contributed by atoms with E-state index >= 15 is 0 Å². The number of fused-ring (bicyclic) bond motifs is 1. The summed E-state index contributed by atoms with van der Waals surface area (Å²) in [4.78, 5) is 4.43. The molecule has 0 bridgehead atoms. The average molecular weight is 218 g/mol. The zero-order valence-corrected chi connectivity index (χ0v) is 10.0. The summed E-state index contributed by atoms with van der Waals surface area (Å²) in [6, 6.07) is 6.14. The van der Waals surface area contributed by atoms with Crippen molar-refractivity contribution in [3.63, 3.8) is 0 Å². The predicted octanol–water partition coefficient (Wildman–Crippen LogP) is 2.66. The summed E-state index contributed by atoms with van der Waals surface area (Å²) in [5, 5.41) is 0. The third-order valence-electron chi connectivity index (χ3n) is 2.85. The highest BCUT2D eigenvalue weighted by molar-refractivity contribution is 5.73. The molecule has 1 atom stereocenters. The van der Waals surface area contributed by atoms with Crippen LogP contribution in [0.5, 0.6) is 0 Å². The molecule has 0 saturated heterocycles. The minimum atomic E-state index is 0.106. The van der Waals surface area contributed by atoms with Crippen molar-refractivity contribution >= 4 is 11.1 Å². The lowest BCUT2D eigenvalue weighted by Gasteiger charge is -2.12. The van der Waals surface area contributed by atoms with Gasteiger partial charge in [0.05, 0.1) is 0 Å². The molecule has 0 spiro atoms. The lowest BCUT2D eigenvalue weighted by molar-refractivity contribution is 0.433. The molecule has 3 heteroatoms. The van der Waals surface area contributed by atoms with Gasteiger partial charge in [0.1, 0.15) is 5.52 Å². The van der Waals surface area contributed by atoms with E-state index in [1.165, 1.54) is 5.56 Å². The van der Waals surface area contributed by atoms with Crippen LogP contribution in [0.25, 0.3) is 11.1 Å². The van der Waals surface area contributed by atoms with Gasteiger partial charge in [-0.05, 0) is 30.5 Å². The highest BCUT2D eigenvalue weighted by Gasteiger charge is 2.13. The van der Waals surface area contributed by atoms with Crippen molar-refractivity contribution in [1.29, 1.82) is 0 Å². The summed E-state index contributed by atoms with van der Waals surface area (Å²) in [7, 11) is 0. The molecular formula is C13H18N2O. The summed E-state index contributed by atoms with van der Waals surface area (Å²) in [5.74, 6) is 1.18. The quantitative estimate of drug-likeness (QED) is 0.861. The molecule has 1 unspecified atom stereocenters. The van der Waals surface area contributed by atoms with Crippen molar-refractivity contribution in [3.8, 4) is 0 Å². The molecule has 0 amide bonds. The maximum Gasteiger partial charge on any atom is 0.197 e. The van der Waals surface area contributed by atoms with Gasteiger partial charge >= 0.3 is 0 Å². The third-order valence-corrected chi connectivity index (χ3v) is 2.85. The third kappa shape index (κ3) is 2.25. The predicted molar refractivity (Wildman–Crippen MR) is 65.3 cm³/mol. The lowest BCUT2D eigenvalue weighted by atomic mass is 10.0. The SMILES string of the molecule is Cc1ccc2nc(CC(N)C(C)C)oc2c1. The number of rotatable bonds is 3. The number of aromatic nitrogens is 1. The first-order valence-corrected chi connectivity index (χ1v) is 5.68. The van der Waals surface area contributed by atoms with Crippen molar-refractivity contribution in [3.05, 3.63) is 29.7 Å². The number of nitrogens with zero attached hydrogens (tertiary/aromatic N) is 1. The van der Waals surface area contributed by atoms with Crippen LogP contribution in [0.15, 0.2) is 22.6 Å². The average Bonchev–Trinajstić information content (AvgIpc) is 2.58. The van der Waals surface area contributed by atoms with Crippen LogP contribution in [0.4, 0.5) is 0 Å². The van der Waals surface area contributed by atoms with Crippen molar-refractivity contribution in [2.45, 2.75) is 33.2 Å². The molecule has 0 fully saturated rings. The highest BCUT2D eigenvalue weighted by atomic mass is 16.3. The second kappa shape index (κ2) is 4.26. The number of hydrogen-bond donors (Lipinski definition) is 1. The Hall–Kier alpha value is -1.35. The molecule has 2 rings (SSSR count). The first-order valence-electron chi connectivity index (χ1n) is 5.68. The van der Waals surface area contributed by atoms with Crippen molar-refractivity contribution < 1.29 is 4.42 Å². The van der Waals surface area contributed by atoms with E-state index in [1.807, 2.05) is 25.1 Å². The molecule has 3 nitrogen and oxygen atoms in total. The number of nitrogens with two attached hydrogens (primary N) is 1. The van der Waals surface area contributed by atoms with Gasteiger partial charge in [0, 0.05) is 12.5 Å². The summed E-state index contributed by atoms with van der Waals surface area (Å²) in [6.45, 7) is 6.26. The molecule has 1 heterocycles. The Morgan fingerprint density at radius 1 is 1.38 bits per heavy atom. The lowest BCUT2D eigenvalue weighted by Crippen LogP contribution is -2.28. The van der Waals surface area contributed by atoms with Gasteiger partial charge in [0.15, 0.2) is 11.5 Å². The van der Waals surface area contributed by atoms with Crippen LogP contribution >= 0.6 is 0 Å². The van der Waals surface area contributed by atoms with Gasteiger partial charge in [0.2, 0.25) is 0 Å². The fraction of sp³-hybridized carbons (Fsp3) is 0.462. The normalized spacial score (nSPS) is 13.6. The first-order chi connectivity index (χ1) is 7.56. The molecule has 0 aliphatic carbocycles. The Balaban J connectivity index is 2.26. The summed E-state index contributed by atoms with van der Waals surface area (Å²) in [5.41, 5.74) is 8.95. The Bertz CT molecular complexity index is 488. The van der Waals surface area contributed by atoms with E-state index in [4.69, 9.17) is 10.2 Å². The highest BCUT2D eigenvalue weighted by Crippen LogP contribution is 2.18. The molecule has 86 valence electrons. The minimum absolute atomic E-state index is 0.106. The fourth-order valence-electron chi connectivity index (χ4n) is 1.60. The molecule has 2 aromatic rings. The monoisotopic (exact) mass is 218 g/mol. The smallest absolute Gasteiger partial charge is 0.197 e. The Morgan fingerprint density at radius 3 is 2.81 bits per heavy atom. The van der Waals surface area contributed by atoms with E-state index in [-0.39, 0.29) is 6.04 Å². The van der Waals surface area contributed by atoms with Crippen LogP contribution in [-0.2, 0) is 6.42 Å². The van der Waals surface area contributed by atoms with Gasteiger partial charge in [-0.3, -0.25) is 0 Å². The summed E-state index contributed by atoms with van der Waals surface area (Å²) < 4.78 is 5.68. The van der Waals surface area contributed by atoms with E-state index < -0.39 is 0 Å². The molecule has 1 aromatic heterocycles. The zero-order chi connectivity index (χ0) is 11.7. The van der Waals surface area contributed by atoms with Crippen molar-refractivity contribution in [2.75, 3.05) is 0 Å².